The van der Waals surface area contributed by atoms with Crippen LogP contribution >= 0.6 is 0 Å². The molecule has 0 bridgehead atoms. The largest absolute Gasteiger partial charge is 0.340 e. The number of hydrogen-bond acceptors (Lipinski definition) is 5. The molecule has 0 saturated heterocycles. The van der Waals surface area contributed by atoms with Crippen LogP contribution in [0.3, 0.4) is 0 Å². The zero-order valence-electron chi connectivity index (χ0n) is 22.4. The van der Waals surface area contributed by atoms with Crippen LogP contribution in [0.25, 0.3) is 16.6 Å². The fourth-order valence-corrected chi connectivity index (χ4v) is 3.71. The van der Waals surface area contributed by atoms with Crippen LogP contribution in [0.5, 0.6) is 0 Å². The normalized spacial score (nSPS) is 15.1. The molecular formula is C29H36N6O2. The highest BCUT2D eigenvalue weighted by atomic mass is 16.2. The van der Waals surface area contributed by atoms with Crippen LogP contribution < -0.4 is 10.9 Å². The van der Waals surface area contributed by atoms with E-state index < -0.39 is 11.8 Å². The van der Waals surface area contributed by atoms with Crippen molar-refractivity contribution in [3.63, 3.8) is 0 Å². The fourth-order valence-electron chi connectivity index (χ4n) is 3.71. The van der Waals surface area contributed by atoms with Gasteiger partial charge < -0.3 is 9.30 Å². The van der Waals surface area contributed by atoms with E-state index in [1.54, 1.807) is 12.2 Å². The molecule has 1 aliphatic heterocycles. The van der Waals surface area contributed by atoms with E-state index >= 15 is 0 Å². The number of aliphatic imine (C=N–C) groups is 1. The maximum absolute atomic E-state index is 12.9. The Morgan fingerprint density at radius 1 is 0.946 bits per heavy atom. The summed E-state index contributed by atoms with van der Waals surface area (Å²) < 4.78 is 1.89. The summed E-state index contributed by atoms with van der Waals surface area (Å²) in [7, 11) is 0. The second-order valence-corrected chi connectivity index (χ2v) is 7.23. The monoisotopic (exact) mass is 500 g/mol. The second-order valence-electron chi connectivity index (χ2n) is 7.23. The number of nitrogens with zero attached hydrogens (tertiary/aromatic N) is 4. The predicted octanol–water partition coefficient (Wildman–Crippen LogP) is 5.56. The van der Waals surface area contributed by atoms with Gasteiger partial charge in [0, 0.05) is 12.4 Å². The number of aromatic nitrogens is 2. The van der Waals surface area contributed by atoms with Crippen molar-refractivity contribution in [2.24, 2.45) is 4.99 Å². The van der Waals surface area contributed by atoms with Gasteiger partial charge in [0.25, 0.3) is 11.8 Å². The number of carbonyl (C=O) groups is 2. The van der Waals surface area contributed by atoms with E-state index in [0.29, 0.717) is 16.7 Å². The van der Waals surface area contributed by atoms with Crippen LogP contribution in [0.4, 0.5) is 0 Å². The molecule has 37 heavy (non-hydrogen) atoms. The van der Waals surface area contributed by atoms with Crippen LogP contribution in [-0.2, 0) is 4.79 Å². The summed E-state index contributed by atoms with van der Waals surface area (Å²) in [4.78, 5) is 36.6. The third-order valence-electron chi connectivity index (χ3n) is 5.23. The number of allylic oxidation sites excluding steroid dienone is 4. The molecule has 0 saturated carbocycles. The highest BCUT2D eigenvalue weighted by Crippen LogP contribution is 2.22. The van der Waals surface area contributed by atoms with E-state index in [-0.39, 0.29) is 18.0 Å². The van der Waals surface area contributed by atoms with Crippen LogP contribution in [0.1, 0.15) is 52.0 Å². The molecule has 2 aromatic heterocycles. The van der Waals surface area contributed by atoms with E-state index in [0.717, 1.165) is 11.2 Å². The molecule has 8 heteroatoms. The summed E-state index contributed by atoms with van der Waals surface area (Å²) in [5, 5.41) is 0. The van der Waals surface area contributed by atoms with Gasteiger partial charge in [0.15, 0.2) is 5.69 Å². The number of hydrazine groups is 1. The molecule has 0 fully saturated rings. The molecule has 2 N–H and O–H groups in total. The van der Waals surface area contributed by atoms with Crippen molar-refractivity contribution in [2.75, 3.05) is 6.54 Å². The minimum absolute atomic E-state index is 0.213. The number of hydrogen-bond donors (Lipinski definition) is 2. The van der Waals surface area contributed by atoms with Crippen LogP contribution in [0, 0.1) is 0 Å². The first-order valence-corrected chi connectivity index (χ1v) is 12.5. The zero-order valence-corrected chi connectivity index (χ0v) is 22.4. The van der Waals surface area contributed by atoms with Gasteiger partial charge in [-0.05, 0) is 44.2 Å². The summed E-state index contributed by atoms with van der Waals surface area (Å²) in [6.07, 6.45) is 10.9. The summed E-state index contributed by atoms with van der Waals surface area (Å²) in [5.74, 6) is -1.01. The molecule has 1 aliphatic rings. The zero-order chi connectivity index (χ0) is 27.4. The highest BCUT2D eigenvalue weighted by Gasteiger charge is 2.25. The number of amides is 2. The number of para-hydroxylation sites is 2. The standard InChI is InChI=1S/C25H24N6O2.2C2H6/c1-4-7-14-30-16-19(26-17(5-2)20(30)6-3)24(32)28-29-25(33)23-22-13-10-15-31(22)21-12-9-8-11-18(21)27-23;2*1-2/h4-15H,1,16H2,2-3H3,(H,28,32)(H,29,33);2*1-2H3/b14-7-,17-5+,20-6+;;. The molecule has 3 aromatic rings. The van der Waals surface area contributed by atoms with E-state index in [4.69, 9.17) is 0 Å². The third kappa shape index (κ3) is 6.41. The molecule has 8 nitrogen and oxygen atoms in total. The van der Waals surface area contributed by atoms with Gasteiger partial charge in [0.2, 0.25) is 0 Å². The number of carbonyl (C=O) groups excluding carboxylic acids is 2. The molecule has 4 rings (SSSR count). The summed E-state index contributed by atoms with van der Waals surface area (Å²) in [5.41, 5.74) is 9.19. The summed E-state index contributed by atoms with van der Waals surface area (Å²) >= 11 is 0. The minimum Gasteiger partial charge on any atom is -0.340 e. The Bertz CT molecular complexity index is 1380. The first-order valence-electron chi connectivity index (χ1n) is 12.5. The van der Waals surface area contributed by atoms with Crippen molar-refractivity contribution in [2.45, 2.75) is 41.5 Å². The first kappa shape index (κ1) is 28.8. The molecule has 0 unspecified atom stereocenters. The van der Waals surface area contributed by atoms with Gasteiger partial charge in [0.1, 0.15) is 5.71 Å². The smallest absolute Gasteiger partial charge is 0.290 e. The van der Waals surface area contributed by atoms with Gasteiger partial charge in [-0.15, -0.1) is 0 Å². The molecule has 0 spiro atoms. The Morgan fingerprint density at radius 3 is 2.30 bits per heavy atom. The highest BCUT2D eigenvalue weighted by molar-refractivity contribution is 6.40. The van der Waals surface area contributed by atoms with Gasteiger partial charge in [-0.2, -0.15) is 0 Å². The SMILES string of the molecule is C=C/C=C\N1CC(C(=O)NNC(=O)c2nc3ccccc3n3cccc23)=NC(=C/C)/C1=C\C.CC.CC. The number of fused-ring (bicyclic) bond motifs is 3. The van der Waals surface area contributed by atoms with Crippen molar-refractivity contribution in [1.82, 2.24) is 25.1 Å². The Hall–Kier alpha value is -4.46. The lowest BCUT2D eigenvalue weighted by atomic mass is 10.1. The van der Waals surface area contributed by atoms with E-state index in [1.807, 2.05) is 112 Å². The number of benzene rings is 1. The van der Waals surface area contributed by atoms with Gasteiger partial charge in [-0.25, -0.2) is 9.98 Å². The molecule has 0 atom stereocenters. The van der Waals surface area contributed by atoms with Crippen LogP contribution in [0.2, 0.25) is 0 Å². The van der Waals surface area contributed by atoms with Crippen molar-refractivity contribution < 1.29 is 9.59 Å². The van der Waals surface area contributed by atoms with E-state index in [1.165, 1.54) is 0 Å². The van der Waals surface area contributed by atoms with E-state index in [2.05, 4.69) is 27.4 Å². The lowest BCUT2D eigenvalue weighted by molar-refractivity contribution is -0.115. The van der Waals surface area contributed by atoms with Crippen LogP contribution in [-0.4, -0.2) is 38.4 Å². The average molecular weight is 501 g/mol. The molecule has 0 radical (unpaired) electrons. The third-order valence-corrected chi connectivity index (χ3v) is 5.23. The van der Waals surface area contributed by atoms with Gasteiger partial charge in [-0.3, -0.25) is 20.4 Å². The minimum atomic E-state index is -0.516. The number of rotatable bonds is 4. The Labute approximate surface area is 218 Å². The topological polar surface area (TPSA) is 91.1 Å². The quantitative estimate of drug-likeness (QED) is 0.362. The Kier molecular flexibility index (Phi) is 11.0. The summed E-state index contributed by atoms with van der Waals surface area (Å²) in [6, 6.07) is 11.2. The Balaban J connectivity index is 0.00000115. The lowest BCUT2D eigenvalue weighted by Crippen LogP contribution is -2.48. The molecule has 3 heterocycles. The molecular weight excluding hydrogens is 464 g/mol. The van der Waals surface area contributed by atoms with Gasteiger partial charge >= 0.3 is 0 Å². The maximum atomic E-state index is 12.9. The fraction of sp³-hybridized carbons (Fsp3) is 0.241. The lowest BCUT2D eigenvalue weighted by Gasteiger charge is -2.29. The summed E-state index contributed by atoms with van der Waals surface area (Å²) in [6.45, 7) is 15.7. The van der Waals surface area contributed by atoms with Crippen molar-refractivity contribution >= 4 is 34.1 Å². The number of nitrogens with one attached hydrogen (secondary N) is 2. The van der Waals surface area contributed by atoms with E-state index in [9.17, 15) is 9.59 Å². The second kappa shape index (κ2) is 14.2. The molecule has 194 valence electrons. The Morgan fingerprint density at radius 2 is 1.62 bits per heavy atom. The van der Waals surface area contributed by atoms with Crippen LogP contribution in [0.15, 0.2) is 96.1 Å². The van der Waals surface area contributed by atoms with Gasteiger partial charge in [-0.1, -0.05) is 64.6 Å². The maximum Gasteiger partial charge on any atom is 0.290 e. The molecule has 2 amide bonds. The van der Waals surface area contributed by atoms with Crippen molar-refractivity contribution in [3.05, 3.63) is 96.8 Å². The average Bonchev–Trinajstić information content (AvgIpc) is 3.46. The van der Waals surface area contributed by atoms with Gasteiger partial charge in [0.05, 0.1) is 34.5 Å². The van der Waals surface area contributed by atoms with Crippen molar-refractivity contribution in [3.8, 4) is 0 Å². The molecule has 1 aromatic carbocycles. The first-order chi connectivity index (χ1) is 18.1. The molecule has 0 aliphatic carbocycles. The predicted molar refractivity (Wildman–Crippen MR) is 152 cm³/mol. The van der Waals surface area contributed by atoms with Crippen molar-refractivity contribution in [1.29, 1.82) is 0 Å².